The number of nitrogens with one attached hydrogen (secondary N) is 1. The van der Waals surface area contributed by atoms with E-state index in [1.165, 1.54) is 4.90 Å². The maximum atomic E-state index is 11.9. The van der Waals surface area contributed by atoms with Gasteiger partial charge >= 0.3 is 6.03 Å². The maximum absolute atomic E-state index is 11.9. The van der Waals surface area contributed by atoms with Gasteiger partial charge in [-0.3, -0.25) is 24.6 Å². The Morgan fingerprint density at radius 1 is 1.43 bits per heavy atom. The fourth-order valence-corrected chi connectivity index (χ4v) is 3.21. The molecule has 0 spiro atoms. The van der Waals surface area contributed by atoms with Crippen LogP contribution < -0.4 is 5.32 Å². The lowest BCUT2D eigenvalue weighted by Crippen LogP contribution is -2.58. The van der Waals surface area contributed by atoms with E-state index in [9.17, 15) is 29.4 Å². The van der Waals surface area contributed by atoms with Crippen molar-refractivity contribution in [2.24, 2.45) is 0 Å². The zero-order chi connectivity index (χ0) is 17.5. The number of halogens is 1. The Balaban J connectivity index is 2.26. The number of hydrogen-bond acceptors (Lipinski definition) is 7. The van der Waals surface area contributed by atoms with E-state index in [0.29, 0.717) is 0 Å². The molecule has 0 aromatic rings. The number of aliphatic hydroxyl groups excluding tert-OH is 1. The van der Waals surface area contributed by atoms with Gasteiger partial charge in [0.05, 0.1) is 0 Å². The summed E-state index contributed by atoms with van der Waals surface area (Å²) < 4.78 is 4.95. The van der Waals surface area contributed by atoms with Crippen LogP contribution in [0.4, 0.5) is 4.79 Å². The smallest absolute Gasteiger partial charge is 0.326 e. The lowest BCUT2D eigenvalue weighted by molar-refractivity contribution is -0.159. The summed E-state index contributed by atoms with van der Waals surface area (Å²) in [6.45, 7) is 2.26. The monoisotopic (exact) mass is 440 g/mol. The number of nitrogens with zero attached hydrogens (tertiary/aromatic N) is 1. The van der Waals surface area contributed by atoms with Gasteiger partial charge in [0, 0.05) is 13.0 Å². The molecule has 128 valence electrons. The number of aliphatic hydroxyl groups is 2. The Morgan fingerprint density at radius 3 is 2.57 bits per heavy atom. The van der Waals surface area contributed by atoms with Crippen LogP contribution in [0.1, 0.15) is 20.3 Å². The summed E-state index contributed by atoms with van der Waals surface area (Å²) in [7, 11) is 0. The Morgan fingerprint density at radius 2 is 2.04 bits per heavy atom. The van der Waals surface area contributed by atoms with E-state index in [2.05, 4.69) is 5.32 Å². The third-order valence-corrected chi connectivity index (χ3v) is 5.01. The molecule has 2 aliphatic rings. The summed E-state index contributed by atoms with van der Waals surface area (Å²) in [5.74, 6) is -1.78. The molecule has 2 fully saturated rings. The predicted octanol–water partition coefficient (Wildman–Crippen LogP) is -1.27. The standard InChI is InChI=1S/C13H17IN2O7/c1-5(17)9(19)10-13(22,6(2)18)3-8(23-10)16-4-7(14)11(20)15-12(16)21/h7-10,19,22H,3-4H2,1-2H3,(H,15,20,21)/t7?,8-,9?,10-,13-/m1/s1. The average Bonchev–Trinajstić information content (AvgIpc) is 2.81. The van der Waals surface area contributed by atoms with Crippen molar-refractivity contribution in [2.45, 2.75) is 48.2 Å². The Hall–Kier alpha value is -1.11. The normalized spacial score (nSPS) is 35.9. The van der Waals surface area contributed by atoms with Gasteiger partial charge in [-0.2, -0.15) is 0 Å². The minimum Gasteiger partial charge on any atom is -0.382 e. The molecular formula is C13H17IN2O7. The van der Waals surface area contributed by atoms with Crippen LogP contribution in [0.15, 0.2) is 0 Å². The van der Waals surface area contributed by atoms with E-state index in [0.717, 1.165) is 13.8 Å². The van der Waals surface area contributed by atoms with Crippen molar-refractivity contribution < 1.29 is 34.1 Å². The van der Waals surface area contributed by atoms with Gasteiger partial charge in [0.1, 0.15) is 22.4 Å². The number of ether oxygens (including phenoxy) is 1. The van der Waals surface area contributed by atoms with Crippen molar-refractivity contribution in [2.75, 3.05) is 6.54 Å². The quantitative estimate of drug-likeness (QED) is 0.367. The number of amides is 3. The van der Waals surface area contributed by atoms with Crippen molar-refractivity contribution in [3.63, 3.8) is 0 Å². The SMILES string of the molecule is CC(=O)C(O)[C@H]1O[C@@H](N2CC(I)C(=O)NC2=O)C[C@@]1(O)C(C)=O. The molecule has 2 aliphatic heterocycles. The van der Waals surface area contributed by atoms with E-state index in [-0.39, 0.29) is 13.0 Å². The van der Waals surface area contributed by atoms with E-state index in [4.69, 9.17) is 4.74 Å². The van der Waals surface area contributed by atoms with Crippen molar-refractivity contribution in [3.8, 4) is 0 Å². The summed E-state index contributed by atoms with van der Waals surface area (Å²) in [6, 6.07) is -0.711. The first kappa shape index (κ1) is 18.2. The number of carbonyl (C=O) groups is 4. The summed E-state index contributed by atoms with van der Waals surface area (Å²) in [5.41, 5.74) is -2.09. The fraction of sp³-hybridized carbons (Fsp3) is 0.692. The third-order valence-electron chi connectivity index (χ3n) is 4.05. The molecule has 0 aliphatic carbocycles. The fourth-order valence-electron chi connectivity index (χ4n) is 2.63. The molecule has 2 saturated heterocycles. The van der Waals surface area contributed by atoms with Crippen LogP contribution >= 0.6 is 22.6 Å². The van der Waals surface area contributed by atoms with Crippen LogP contribution in [0.5, 0.6) is 0 Å². The molecule has 0 radical (unpaired) electrons. The van der Waals surface area contributed by atoms with Crippen molar-refractivity contribution in [3.05, 3.63) is 0 Å². The third kappa shape index (κ3) is 3.25. The lowest BCUT2D eigenvalue weighted by Gasteiger charge is -2.33. The molecule has 0 aromatic heterocycles. The van der Waals surface area contributed by atoms with Crippen molar-refractivity contribution in [1.29, 1.82) is 0 Å². The number of urea groups is 1. The van der Waals surface area contributed by atoms with Gasteiger partial charge in [-0.1, -0.05) is 22.6 Å². The minimum atomic E-state index is -2.09. The van der Waals surface area contributed by atoms with Crippen LogP contribution in [0, 0.1) is 0 Å². The van der Waals surface area contributed by atoms with Crippen LogP contribution in [0.3, 0.4) is 0 Å². The zero-order valence-corrected chi connectivity index (χ0v) is 14.6. The molecule has 3 amide bonds. The summed E-state index contributed by atoms with van der Waals surface area (Å²) in [5, 5.41) is 22.6. The number of hydrogen-bond donors (Lipinski definition) is 3. The highest BCUT2D eigenvalue weighted by Gasteiger charge is 2.57. The molecule has 23 heavy (non-hydrogen) atoms. The van der Waals surface area contributed by atoms with Crippen LogP contribution in [-0.2, 0) is 19.1 Å². The van der Waals surface area contributed by atoms with Gasteiger partial charge in [-0.05, 0) is 13.8 Å². The summed E-state index contributed by atoms with van der Waals surface area (Å²) in [6.07, 6.45) is -4.49. The zero-order valence-electron chi connectivity index (χ0n) is 12.5. The van der Waals surface area contributed by atoms with E-state index in [1.807, 2.05) is 22.6 Å². The molecule has 2 rings (SSSR count). The Kier molecular flexibility index (Phi) is 5.09. The van der Waals surface area contributed by atoms with E-state index >= 15 is 0 Å². The second-order valence-corrected chi connectivity index (χ2v) is 7.17. The first-order chi connectivity index (χ1) is 10.6. The number of rotatable bonds is 4. The molecule has 2 unspecified atom stereocenters. The second-order valence-electron chi connectivity index (χ2n) is 5.67. The number of alkyl halides is 1. The molecular weight excluding hydrogens is 423 g/mol. The molecule has 10 heteroatoms. The highest BCUT2D eigenvalue weighted by molar-refractivity contribution is 14.1. The van der Waals surface area contributed by atoms with Crippen molar-refractivity contribution >= 4 is 46.1 Å². The molecule has 9 nitrogen and oxygen atoms in total. The van der Waals surface area contributed by atoms with Gasteiger partial charge in [0.25, 0.3) is 0 Å². The largest absolute Gasteiger partial charge is 0.382 e. The first-order valence-corrected chi connectivity index (χ1v) is 8.15. The molecule has 0 saturated carbocycles. The average molecular weight is 440 g/mol. The maximum Gasteiger partial charge on any atom is 0.326 e. The Bertz CT molecular complexity index is 569. The second kappa shape index (κ2) is 6.42. The first-order valence-electron chi connectivity index (χ1n) is 6.91. The van der Waals surface area contributed by atoms with E-state index in [1.54, 1.807) is 0 Å². The van der Waals surface area contributed by atoms with Crippen LogP contribution in [-0.4, -0.2) is 73.1 Å². The highest BCUT2D eigenvalue weighted by Crippen LogP contribution is 2.36. The topological polar surface area (TPSA) is 133 Å². The molecule has 3 N–H and O–H groups in total. The van der Waals surface area contributed by atoms with Crippen molar-refractivity contribution in [1.82, 2.24) is 10.2 Å². The summed E-state index contributed by atoms with van der Waals surface area (Å²) >= 11 is 1.85. The van der Waals surface area contributed by atoms with E-state index < -0.39 is 51.5 Å². The number of imide groups is 1. The summed E-state index contributed by atoms with van der Waals surface area (Å²) in [4.78, 5) is 47.8. The molecule has 2 heterocycles. The molecule has 0 aromatic carbocycles. The number of carbonyl (C=O) groups excluding carboxylic acids is 4. The lowest BCUT2D eigenvalue weighted by atomic mass is 9.86. The predicted molar refractivity (Wildman–Crippen MR) is 83.6 cm³/mol. The van der Waals surface area contributed by atoms with Crippen LogP contribution in [0.2, 0.25) is 0 Å². The minimum absolute atomic E-state index is 0.0345. The number of Topliss-reactive ketones (excluding diaryl/α,β-unsaturated/α-hetero) is 2. The number of ketones is 2. The van der Waals surface area contributed by atoms with Gasteiger partial charge in [-0.25, -0.2) is 4.79 Å². The molecule has 5 atom stereocenters. The van der Waals surface area contributed by atoms with Gasteiger partial charge in [0.15, 0.2) is 17.2 Å². The van der Waals surface area contributed by atoms with Gasteiger partial charge < -0.3 is 14.9 Å². The molecule has 0 bridgehead atoms. The van der Waals surface area contributed by atoms with Gasteiger partial charge in [0.2, 0.25) is 5.91 Å². The Labute approximate surface area is 145 Å². The van der Waals surface area contributed by atoms with Gasteiger partial charge in [-0.15, -0.1) is 0 Å². The van der Waals surface area contributed by atoms with Crippen LogP contribution in [0.25, 0.3) is 0 Å². The highest BCUT2D eigenvalue weighted by atomic mass is 127.